The van der Waals surface area contributed by atoms with Crippen LogP contribution >= 0.6 is 11.8 Å². The van der Waals surface area contributed by atoms with Crippen LogP contribution in [0.3, 0.4) is 0 Å². The van der Waals surface area contributed by atoms with Crippen LogP contribution in [-0.4, -0.2) is 54.0 Å². The standard InChI is InChI=1S/C37H45N5O3S/c1-5-6-19-44-20-21-45-33-12-7-28(8-13-33)29-9-16-35-31(22-29)23-30(17-18-42(35)24-26(2)3)37(43)40-32-10-14-34(15-11-32)46-27(4)36-38-25-39-41-36/h7-16,22-23,25-27H,5-6,17-21,24H2,1-4H3,(H,40,43)(H,38,39,41). The van der Waals surface area contributed by atoms with Gasteiger partial charge in [-0.2, -0.15) is 5.10 Å². The number of aromatic amines is 1. The largest absolute Gasteiger partial charge is 0.491 e. The van der Waals surface area contributed by atoms with Crippen LogP contribution in [-0.2, 0) is 9.53 Å². The second kappa shape index (κ2) is 16.5. The summed E-state index contributed by atoms with van der Waals surface area (Å²) in [5.74, 6) is 2.02. The summed E-state index contributed by atoms with van der Waals surface area (Å²) in [5.41, 5.74) is 5.95. The Kier molecular flexibility index (Phi) is 11.9. The number of aromatic nitrogens is 3. The Morgan fingerprint density at radius 2 is 1.78 bits per heavy atom. The Labute approximate surface area is 277 Å². The van der Waals surface area contributed by atoms with Gasteiger partial charge in [-0.15, -0.1) is 11.8 Å². The highest BCUT2D eigenvalue weighted by Crippen LogP contribution is 2.35. The van der Waals surface area contributed by atoms with Crippen LogP contribution in [0.4, 0.5) is 11.4 Å². The first kappa shape index (κ1) is 33.3. The average molecular weight is 640 g/mol. The van der Waals surface area contributed by atoms with E-state index in [0.29, 0.717) is 25.6 Å². The van der Waals surface area contributed by atoms with Gasteiger partial charge in [0.25, 0.3) is 5.91 Å². The molecule has 0 fully saturated rings. The van der Waals surface area contributed by atoms with Gasteiger partial charge in [0.05, 0.1) is 11.9 Å². The van der Waals surface area contributed by atoms with E-state index in [1.54, 1.807) is 18.1 Å². The number of rotatable bonds is 15. The maximum atomic E-state index is 13.6. The first-order valence-corrected chi connectivity index (χ1v) is 17.1. The number of nitrogens with one attached hydrogen (secondary N) is 2. The molecule has 1 atom stereocenters. The topological polar surface area (TPSA) is 92.4 Å². The van der Waals surface area contributed by atoms with Crippen LogP contribution in [0.1, 0.15) is 63.6 Å². The zero-order valence-corrected chi connectivity index (χ0v) is 28.1. The summed E-state index contributed by atoms with van der Waals surface area (Å²) in [6, 6.07) is 22.7. The van der Waals surface area contributed by atoms with Crippen molar-refractivity contribution in [2.75, 3.05) is 43.1 Å². The average Bonchev–Trinajstić information content (AvgIpc) is 3.54. The number of carbonyl (C=O) groups is 1. The maximum absolute atomic E-state index is 13.6. The number of carbonyl (C=O) groups excluding carboxylic acids is 1. The van der Waals surface area contributed by atoms with Crippen LogP contribution in [0.15, 0.2) is 83.5 Å². The van der Waals surface area contributed by atoms with E-state index in [9.17, 15) is 4.79 Å². The summed E-state index contributed by atoms with van der Waals surface area (Å²) in [7, 11) is 0. The molecule has 46 heavy (non-hydrogen) atoms. The highest BCUT2D eigenvalue weighted by Gasteiger charge is 2.21. The number of anilines is 2. The molecule has 2 heterocycles. The Hall–Kier alpha value is -4.08. The molecule has 1 amide bonds. The van der Waals surface area contributed by atoms with Gasteiger partial charge in [-0.3, -0.25) is 9.89 Å². The van der Waals surface area contributed by atoms with Gasteiger partial charge in [-0.25, -0.2) is 4.98 Å². The highest BCUT2D eigenvalue weighted by atomic mass is 32.2. The zero-order chi connectivity index (χ0) is 32.3. The molecular formula is C37H45N5O3S. The molecule has 2 N–H and O–H groups in total. The van der Waals surface area contributed by atoms with Crippen LogP contribution < -0.4 is 15.0 Å². The van der Waals surface area contributed by atoms with Gasteiger partial charge in [0.15, 0.2) is 5.82 Å². The van der Waals surface area contributed by atoms with Crippen LogP contribution in [0.25, 0.3) is 17.2 Å². The number of benzene rings is 3. The molecular weight excluding hydrogens is 595 g/mol. The predicted octanol–water partition coefficient (Wildman–Crippen LogP) is 8.41. The van der Waals surface area contributed by atoms with Crippen molar-refractivity contribution in [1.82, 2.24) is 15.2 Å². The molecule has 0 spiro atoms. The molecule has 4 aromatic rings. The summed E-state index contributed by atoms with van der Waals surface area (Å²) >= 11 is 1.68. The Balaban J connectivity index is 1.28. The summed E-state index contributed by atoms with van der Waals surface area (Å²) < 4.78 is 11.5. The van der Waals surface area contributed by atoms with Gasteiger partial charge >= 0.3 is 0 Å². The van der Waals surface area contributed by atoms with Gasteiger partial charge < -0.3 is 19.7 Å². The smallest absolute Gasteiger partial charge is 0.251 e. The van der Waals surface area contributed by atoms with Crippen LogP contribution in [0.5, 0.6) is 5.75 Å². The second-order valence-corrected chi connectivity index (χ2v) is 13.4. The third-order valence-corrected chi connectivity index (χ3v) is 8.88. The fourth-order valence-corrected chi connectivity index (χ4v) is 6.31. The summed E-state index contributed by atoms with van der Waals surface area (Å²) in [5, 5.41) is 10.2. The van der Waals surface area contributed by atoms with Crippen molar-refractivity contribution in [3.05, 3.63) is 90.0 Å². The monoisotopic (exact) mass is 639 g/mol. The number of ether oxygens (including phenoxy) is 2. The number of thioether (sulfide) groups is 1. The molecule has 0 saturated heterocycles. The van der Waals surface area contributed by atoms with E-state index < -0.39 is 0 Å². The molecule has 1 unspecified atom stereocenters. The number of hydrogen-bond acceptors (Lipinski definition) is 7. The highest BCUT2D eigenvalue weighted by molar-refractivity contribution is 7.99. The Morgan fingerprint density at radius 1 is 1.00 bits per heavy atom. The van der Waals surface area contributed by atoms with E-state index >= 15 is 0 Å². The first-order valence-electron chi connectivity index (χ1n) is 16.2. The summed E-state index contributed by atoms with van der Waals surface area (Å²) in [6.45, 7) is 12.3. The van der Waals surface area contributed by atoms with Crippen LogP contribution in [0, 0.1) is 5.92 Å². The molecule has 0 aliphatic carbocycles. The molecule has 242 valence electrons. The number of nitrogens with zero attached hydrogens (tertiary/aromatic N) is 3. The van der Waals surface area contributed by atoms with Gasteiger partial charge in [0, 0.05) is 41.5 Å². The number of unbranched alkanes of at least 4 members (excludes halogenated alkanes) is 1. The fourth-order valence-electron chi connectivity index (χ4n) is 5.39. The zero-order valence-electron chi connectivity index (χ0n) is 27.3. The van der Waals surface area contributed by atoms with Crippen molar-refractivity contribution in [1.29, 1.82) is 0 Å². The van der Waals surface area contributed by atoms with E-state index in [1.807, 2.05) is 36.4 Å². The fraction of sp³-hybridized carbons (Fsp3) is 0.378. The Morgan fingerprint density at radius 3 is 2.50 bits per heavy atom. The summed E-state index contributed by atoms with van der Waals surface area (Å²) in [4.78, 5) is 21.3. The SMILES string of the molecule is CCCCOCCOc1ccc(-c2ccc3c(c2)C=C(C(=O)Nc2ccc(SC(C)c4nc[nH]n4)cc2)CCN3CC(C)C)cc1. The lowest BCUT2D eigenvalue weighted by Crippen LogP contribution is -2.29. The second-order valence-electron chi connectivity index (χ2n) is 12.0. The van der Waals surface area contributed by atoms with E-state index in [2.05, 4.69) is 89.5 Å². The molecule has 0 saturated carbocycles. The molecule has 3 aromatic carbocycles. The number of hydrogen-bond donors (Lipinski definition) is 2. The minimum Gasteiger partial charge on any atom is -0.491 e. The lowest BCUT2D eigenvalue weighted by Gasteiger charge is -2.27. The quantitative estimate of drug-likeness (QED) is 0.0997. The van der Waals surface area contributed by atoms with E-state index in [0.717, 1.165) is 82.6 Å². The van der Waals surface area contributed by atoms with Crippen molar-refractivity contribution in [3.63, 3.8) is 0 Å². The van der Waals surface area contributed by atoms with E-state index in [-0.39, 0.29) is 11.2 Å². The van der Waals surface area contributed by atoms with Crippen molar-refractivity contribution in [3.8, 4) is 16.9 Å². The first-order chi connectivity index (χ1) is 22.4. The number of H-pyrrole nitrogens is 1. The summed E-state index contributed by atoms with van der Waals surface area (Å²) in [6.07, 6.45) is 6.53. The molecule has 1 aliphatic heterocycles. The minimum absolute atomic E-state index is 0.0718. The van der Waals surface area contributed by atoms with Crippen molar-refractivity contribution < 1.29 is 14.3 Å². The van der Waals surface area contributed by atoms with Crippen LogP contribution in [0.2, 0.25) is 0 Å². The molecule has 8 nitrogen and oxygen atoms in total. The van der Waals surface area contributed by atoms with E-state index in [4.69, 9.17) is 9.47 Å². The van der Waals surface area contributed by atoms with Crippen molar-refractivity contribution in [2.24, 2.45) is 5.92 Å². The van der Waals surface area contributed by atoms with Gasteiger partial charge in [0.1, 0.15) is 18.7 Å². The molecule has 9 heteroatoms. The third-order valence-electron chi connectivity index (χ3n) is 7.77. The Bertz CT molecular complexity index is 1570. The molecule has 1 aromatic heterocycles. The predicted molar refractivity (Wildman–Crippen MR) is 188 cm³/mol. The van der Waals surface area contributed by atoms with Gasteiger partial charge in [0.2, 0.25) is 0 Å². The number of fused-ring (bicyclic) bond motifs is 1. The maximum Gasteiger partial charge on any atom is 0.251 e. The molecule has 1 aliphatic rings. The lowest BCUT2D eigenvalue weighted by atomic mass is 10.00. The number of amides is 1. The van der Waals surface area contributed by atoms with Crippen molar-refractivity contribution in [2.45, 2.75) is 57.1 Å². The molecule has 0 bridgehead atoms. The molecule has 0 radical (unpaired) electrons. The minimum atomic E-state index is -0.0718. The molecule has 5 rings (SSSR count). The normalized spacial score (nSPS) is 13.6. The van der Waals surface area contributed by atoms with E-state index in [1.165, 1.54) is 0 Å². The van der Waals surface area contributed by atoms with Gasteiger partial charge in [-0.1, -0.05) is 45.4 Å². The lowest BCUT2D eigenvalue weighted by molar-refractivity contribution is -0.112. The van der Waals surface area contributed by atoms with Gasteiger partial charge in [-0.05, 0) is 97.0 Å². The third kappa shape index (κ3) is 9.23. The van der Waals surface area contributed by atoms with Crippen molar-refractivity contribution >= 4 is 35.1 Å².